The molecule has 1 atom stereocenters. The SMILES string of the molecule is CC(C)(C)NC(=O)c1ccccc1NC(=O)C(O)c1ccccc1. The van der Waals surface area contributed by atoms with Crippen LogP contribution in [0.15, 0.2) is 54.6 Å². The molecule has 0 heterocycles. The first-order chi connectivity index (χ1) is 11.3. The summed E-state index contributed by atoms with van der Waals surface area (Å²) in [7, 11) is 0. The molecule has 0 aliphatic heterocycles. The molecule has 2 aromatic carbocycles. The molecule has 5 heteroatoms. The summed E-state index contributed by atoms with van der Waals surface area (Å²) < 4.78 is 0. The molecule has 0 aromatic heterocycles. The number of nitrogens with one attached hydrogen (secondary N) is 2. The van der Waals surface area contributed by atoms with E-state index in [-0.39, 0.29) is 5.91 Å². The van der Waals surface area contributed by atoms with Crippen LogP contribution in [0.5, 0.6) is 0 Å². The zero-order chi connectivity index (χ0) is 17.7. The van der Waals surface area contributed by atoms with Crippen LogP contribution >= 0.6 is 0 Å². The molecule has 126 valence electrons. The van der Waals surface area contributed by atoms with E-state index in [1.807, 2.05) is 20.8 Å². The molecule has 0 aliphatic carbocycles. The van der Waals surface area contributed by atoms with Gasteiger partial charge in [-0.05, 0) is 38.5 Å². The summed E-state index contributed by atoms with van der Waals surface area (Å²) in [6.45, 7) is 5.64. The predicted molar refractivity (Wildman–Crippen MR) is 93.7 cm³/mol. The molecular weight excluding hydrogens is 304 g/mol. The van der Waals surface area contributed by atoms with Gasteiger partial charge in [-0.3, -0.25) is 9.59 Å². The van der Waals surface area contributed by atoms with E-state index < -0.39 is 17.6 Å². The average Bonchev–Trinajstić information content (AvgIpc) is 2.53. The van der Waals surface area contributed by atoms with Gasteiger partial charge in [0, 0.05) is 5.54 Å². The van der Waals surface area contributed by atoms with Crippen molar-refractivity contribution in [1.29, 1.82) is 0 Å². The van der Waals surface area contributed by atoms with Crippen LogP contribution in [0.2, 0.25) is 0 Å². The first kappa shape index (κ1) is 17.7. The van der Waals surface area contributed by atoms with Gasteiger partial charge in [-0.25, -0.2) is 0 Å². The van der Waals surface area contributed by atoms with Crippen LogP contribution in [0, 0.1) is 0 Å². The Morgan fingerprint density at radius 1 is 0.958 bits per heavy atom. The highest BCUT2D eigenvalue weighted by atomic mass is 16.3. The van der Waals surface area contributed by atoms with Crippen molar-refractivity contribution in [3.8, 4) is 0 Å². The summed E-state index contributed by atoms with van der Waals surface area (Å²) in [5.41, 5.74) is 0.810. The lowest BCUT2D eigenvalue weighted by atomic mass is 10.1. The molecule has 24 heavy (non-hydrogen) atoms. The van der Waals surface area contributed by atoms with Crippen LogP contribution in [0.1, 0.15) is 42.8 Å². The van der Waals surface area contributed by atoms with Crippen molar-refractivity contribution in [2.45, 2.75) is 32.4 Å². The molecule has 3 N–H and O–H groups in total. The smallest absolute Gasteiger partial charge is 0.257 e. The third-order valence-corrected chi connectivity index (χ3v) is 3.28. The van der Waals surface area contributed by atoms with E-state index in [9.17, 15) is 14.7 Å². The van der Waals surface area contributed by atoms with Gasteiger partial charge in [-0.15, -0.1) is 0 Å². The molecule has 2 rings (SSSR count). The topological polar surface area (TPSA) is 78.4 Å². The molecular formula is C19H22N2O3. The summed E-state index contributed by atoms with van der Waals surface area (Å²) in [5, 5.41) is 15.6. The van der Waals surface area contributed by atoms with Crippen LogP contribution in [-0.2, 0) is 4.79 Å². The Balaban J connectivity index is 2.18. The Labute approximate surface area is 141 Å². The number of benzene rings is 2. The van der Waals surface area contributed by atoms with E-state index in [1.54, 1.807) is 54.6 Å². The van der Waals surface area contributed by atoms with Crippen LogP contribution in [0.4, 0.5) is 5.69 Å². The second-order valence-corrected chi connectivity index (χ2v) is 6.55. The molecule has 0 radical (unpaired) electrons. The van der Waals surface area contributed by atoms with Crippen molar-refractivity contribution < 1.29 is 14.7 Å². The number of aliphatic hydroxyl groups excluding tert-OH is 1. The number of anilines is 1. The third-order valence-electron chi connectivity index (χ3n) is 3.28. The minimum Gasteiger partial charge on any atom is -0.378 e. The third kappa shape index (κ3) is 4.67. The number of rotatable bonds is 4. The molecule has 1 unspecified atom stereocenters. The molecule has 2 aromatic rings. The van der Waals surface area contributed by atoms with Crippen LogP contribution in [0.3, 0.4) is 0 Å². The highest BCUT2D eigenvalue weighted by molar-refractivity contribution is 6.04. The van der Waals surface area contributed by atoms with Crippen molar-refractivity contribution in [1.82, 2.24) is 5.32 Å². The van der Waals surface area contributed by atoms with Crippen molar-refractivity contribution in [2.75, 3.05) is 5.32 Å². The quantitative estimate of drug-likeness (QED) is 0.808. The van der Waals surface area contributed by atoms with Gasteiger partial charge in [0.1, 0.15) is 0 Å². The summed E-state index contributed by atoms with van der Waals surface area (Å²) in [4.78, 5) is 24.7. The average molecular weight is 326 g/mol. The van der Waals surface area contributed by atoms with Crippen LogP contribution in [-0.4, -0.2) is 22.5 Å². The zero-order valence-corrected chi connectivity index (χ0v) is 14.0. The fourth-order valence-corrected chi connectivity index (χ4v) is 2.19. The highest BCUT2D eigenvalue weighted by Gasteiger charge is 2.21. The number of para-hydroxylation sites is 1. The minimum absolute atomic E-state index is 0.285. The summed E-state index contributed by atoms with van der Waals surface area (Å²) in [6, 6.07) is 15.3. The molecule has 0 fully saturated rings. The van der Waals surface area contributed by atoms with Crippen molar-refractivity contribution in [2.24, 2.45) is 0 Å². The zero-order valence-electron chi connectivity index (χ0n) is 14.0. The van der Waals surface area contributed by atoms with E-state index >= 15 is 0 Å². The van der Waals surface area contributed by atoms with E-state index in [1.165, 1.54) is 0 Å². The number of carbonyl (C=O) groups excluding carboxylic acids is 2. The summed E-state index contributed by atoms with van der Waals surface area (Å²) in [6.07, 6.45) is -1.30. The molecule has 0 spiro atoms. The largest absolute Gasteiger partial charge is 0.378 e. The molecule has 0 saturated carbocycles. The standard InChI is InChI=1S/C19H22N2O3/c1-19(2,3)21-17(23)14-11-7-8-12-15(14)20-18(24)16(22)13-9-5-4-6-10-13/h4-12,16,22H,1-3H3,(H,20,24)(H,21,23). The molecule has 0 saturated heterocycles. The maximum absolute atomic E-state index is 12.4. The second kappa shape index (κ2) is 7.27. The number of carbonyl (C=O) groups is 2. The lowest BCUT2D eigenvalue weighted by molar-refractivity contribution is -0.124. The number of hydrogen-bond donors (Lipinski definition) is 3. The molecule has 0 aliphatic rings. The van der Waals surface area contributed by atoms with E-state index in [0.717, 1.165) is 0 Å². The Morgan fingerprint density at radius 2 is 1.54 bits per heavy atom. The highest BCUT2D eigenvalue weighted by Crippen LogP contribution is 2.19. The Bertz CT molecular complexity index is 721. The van der Waals surface area contributed by atoms with Crippen molar-refractivity contribution in [3.63, 3.8) is 0 Å². The van der Waals surface area contributed by atoms with Crippen molar-refractivity contribution in [3.05, 3.63) is 65.7 Å². The van der Waals surface area contributed by atoms with Crippen LogP contribution in [0.25, 0.3) is 0 Å². The second-order valence-electron chi connectivity index (χ2n) is 6.55. The number of hydrogen-bond acceptors (Lipinski definition) is 3. The number of aliphatic hydroxyl groups is 1. The molecule has 0 bridgehead atoms. The van der Waals surface area contributed by atoms with Gasteiger partial charge in [0.15, 0.2) is 6.10 Å². The van der Waals surface area contributed by atoms with Gasteiger partial charge < -0.3 is 15.7 Å². The van der Waals surface area contributed by atoms with E-state index in [4.69, 9.17) is 0 Å². The fourth-order valence-electron chi connectivity index (χ4n) is 2.19. The molecule has 2 amide bonds. The van der Waals surface area contributed by atoms with E-state index in [2.05, 4.69) is 10.6 Å². The van der Waals surface area contributed by atoms with Gasteiger partial charge in [0.05, 0.1) is 11.3 Å². The Kier molecular flexibility index (Phi) is 5.36. The number of amides is 2. The summed E-state index contributed by atoms with van der Waals surface area (Å²) in [5.74, 6) is -0.871. The fraction of sp³-hybridized carbons (Fsp3) is 0.263. The van der Waals surface area contributed by atoms with E-state index in [0.29, 0.717) is 16.8 Å². The Morgan fingerprint density at radius 3 is 2.17 bits per heavy atom. The van der Waals surface area contributed by atoms with Gasteiger partial charge in [-0.2, -0.15) is 0 Å². The normalized spacial score (nSPS) is 12.3. The van der Waals surface area contributed by atoms with Crippen LogP contribution < -0.4 is 10.6 Å². The first-order valence-electron chi connectivity index (χ1n) is 7.73. The van der Waals surface area contributed by atoms with Gasteiger partial charge >= 0.3 is 0 Å². The van der Waals surface area contributed by atoms with Gasteiger partial charge in [-0.1, -0.05) is 42.5 Å². The molecule has 5 nitrogen and oxygen atoms in total. The Hall–Kier alpha value is -2.66. The maximum atomic E-state index is 12.4. The van der Waals surface area contributed by atoms with Crippen molar-refractivity contribution >= 4 is 17.5 Å². The van der Waals surface area contributed by atoms with Gasteiger partial charge in [0.2, 0.25) is 0 Å². The monoisotopic (exact) mass is 326 g/mol. The van der Waals surface area contributed by atoms with Gasteiger partial charge in [0.25, 0.3) is 11.8 Å². The lowest BCUT2D eigenvalue weighted by Crippen LogP contribution is -2.41. The lowest BCUT2D eigenvalue weighted by Gasteiger charge is -2.22. The first-order valence-corrected chi connectivity index (χ1v) is 7.73. The minimum atomic E-state index is -1.30. The predicted octanol–water partition coefficient (Wildman–Crippen LogP) is 2.89. The summed E-state index contributed by atoms with van der Waals surface area (Å²) >= 11 is 0. The maximum Gasteiger partial charge on any atom is 0.257 e.